The number of nitrogens with one attached hydrogen (secondary N) is 1. The molecule has 4 heteroatoms. The number of nitrogens with zero attached hydrogens (tertiary/aromatic N) is 2. The smallest absolute Gasteiger partial charge is 0.0692 e. The van der Waals surface area contributed by atoms with Crippen LogP contribution >= 0.6 is 15.9 Å². The average Bonchev–Trinajstić information content (AvgIpc) is 3.12. The minimum absolute atomic E-state index is 0.446. The van der Waals surface area contributed by atoms with Crippen molar-refractivity contribution < 1.29 is 0 Å². The van der Waals surface area contributed by atoms with Crippen molar-refractivity contribution in [2.75, 3.05) is 6.54 Å². The molecule has 0 aromatic carbocycles. The SMILES string of the molecule is CCCNC(CC1CC2CCC1C2)c1c(Br)cnn1C. The zero-order chi connectivity index (χ0) is 14.1. The van der Waals surface area contributed by atoms with Crippen molar-refractivity contribution in [3.63, 3.8) is 0 Å². The highest BCUT2D eigenvalue weighted by Crippen LogP contribution is 2.51. The predicted octanol–water partition coefficient (Wildman–Crippen LogP) is 4.05. The van der Waals surface area contributed by atoms with Gasteiger partial charge < -0.3 is 5.32 Å². The van der Waals surface area contributed by atoms with Crippen molar-refractivity contribution in [2.24, 2.45) is 24.8 Å². The number of fused-ring (bicyclic) bond motifs is 2. The Morgan fingerprint density at radius 3 is 2.85 bits per heavy atom. The van der Waals surface area contributed by atoms with Gasteiger partial charge in [0.25, 0.3) is 0 Å². The Hall–Kier alpha value is -0.350. The summed E-state index contributed by atoms with van der Waals surface area (Å²) in [4.78, 5) is 0. The fraction of sp³-hybridized carbons (Fsp3) is 0.812. The summed E-state index contributed by atoms with van der Waals surface area (Å²) in [5.74, 6) is 2.95. The normalized spacial score (nSPS) is 30.1. The summed E-state index contributed by atoms with van der Waals surface area (Å²) in [5, 5.41) is 8.15. The molecule has 2 aliphatic rings. The molecule has 1 heterocycles. The van der Waals surface area contributed by atoms with Crippen molar-refractivity contribution in [1.29, 1.82) is 0 Å². The Kier molecular flexibility index (Phi) is 4.51. The fourth-order valence-electron chi connectivity index (χ4n) is 4.39. The highest BCUT2D eigenvalue weighted by Gasteiger charge is 2.40. The van der Waals surface area contributed by atoms with Crippen molar-refractivity contribution in [1.82, 2.24) is 15.1 Å². The lowest BCUT2D eigenvalue weighted by Crippen LogP contribution is -2.28. The minimum Gasteiger partial charge on any atom is -0.309 e. The molecule has 20 heavy (non-hydrogen) atoms. The number of aryl methyl sites for hydroxylation is 1. The summed E-state index contributed by atoms with van der Waals surface area (Å²) in [6.45, 7) is 3.32. The molecule has 4 atom stereocenters. The van der Waals surface area contributed by atoms with Crippen LogP contribution in [-0.4, -0.2) is 16.3 Å². The largest absolute Gasteiger partial charge is 0.309 e. The molecule has 0 saturated heterocycles. The number of hydrogen-bond acceptors (Lipinski definition) is 2. The van der Waals surface area contributed by atoms with E-state index in [-0.39, 0.29) is 0 Å². The van der Waals surface area contributed by atoms with Crippen LogP contribution in [0.1, 0.15) is 57.2 Å². The molecule has 2 saturated carbocycles. The van der Waals surface area contributed by atoms with Crippen LogP contribution in [-0.2, 0) is 7.05 Å². The van der Waals surface area contributed by atoms with Crippen LogP contribution in [0.3, 0.4) is 0 Å². The van der Waals surface area contributed by atoms with Crippen LogP contribution in [0.15, 0.2) is 10.7 Å². The topological polar surface area (TPSA) is 29.9 Å². The van der Waals surface area contributed by atoms with Gasteiger partial charge in [-0.3, -0.25) is 4.68 Å². The first kappa shape index (κ1) is 14.6. The minimum atomic E-state index is 0.446. The standard InChI is InChI=1S/C16H26BrN3/c1-3-6-18-15(16-14(17)10-19-20(16)2)9-13-8-11-4-5-12(13)7-11/h10-13,15,18H,3-9H2,1-2H3. The van der Waals surface area contributed by atoms with E-state index in [1.54, 1.807) is 0 Å². The van der Waals surface area contributed by atoms with E-state index in [4.69, 9.17) is 0 Å². The highest BCUT2D eigenvalue weighted by atomic mass is 79.9. The quantitative estimate of drug-likeness (QED) is 0.847. The Morgan fingerprint density at radius 1 is 1.45 bits per heavy atom. The van der Waals surface area contributed by atoms with Gasteiger partial charge in [-0.2, -0.15) is 5.10 Å². The Morgan fingerprint density at radius 2 is 2.30 bits per heavy atom. The van der Waals surface area contributed by atoms with Gasteiger partial charge in [-0.25, -0.2) is 0 Å². The molecule has 2 aliphatic carbocycles. The van der Waals surface area contributed by atoms with E-state index < -0.39 is 0 Å². The fourth-order valence-corrected chi connectivity index (χ4v) is 5.01. The van der Waals surface area contributed by atoms with E-state index >= 15 is 0 Å². The molecular formula is C16H26BrN3. The summed E-state index contributed by atoms with van der Waals surface area (Å²) < 4.78 is 3.18. The first-order valence-corrected chi connectivity index (χ1v) is 8.89. The Labute approximate surface area is 130 Å². The number of halogens is 1. The van der Waals surface area contributed by atoms with Gasteiger partial charge in [0.15, 0.2) is 0 Å². The van der Waals surface area contributed by atoms with E-state index in [0.717, 1.165) is 28.8 Å². The lowest BCUT2D eigenvalue weighted by Gasteiger charge is -2.28. The first-order valence-electron chi connectivity index (χ1n) is 8.09. The highest BCUT2D eigenvalue weighted by molar-refractivity contribution is 9.10. The molecule has 1 aromatic heterocycles. The molecule has 0 aliphatic heterocycles. The summed E-state index contributed by atoms with van der Waals surface area (Å²) in [6, 6.07) is 0.446. The van der Waals surface area contributed by atoms with Gasteiger partial charge in [-0.05, 0) is 72.3 Å². The van der Waals surface area contributed by atoms with E-state index in [9.17, 15) is 0 Å². The van der Waals surface area contributed by atoms with Crippen LogP contribution < -0.4 is 5.32 Å². The Balaban J connectivity index is 1.73. The van der Waals surface area contributed by atoms with Crippen LogP contribution in [0.25, 0.3) is 0 Å². The molecule has 0 spiro atoms. The van der Waals surface area contributed by atoms with Crippen molar-refractivity contribution >= 4 is 15.9 Å². The second kappa shape index (κ2) is 6.18. The second-order valence-corrected chi connectivity index (χ2v) is 7.53. The van der Waals surface area contributed by atoms with E-state index in [2.05, 4.69) is 40.3 Å². The van der Waals surface area contributed by atoms with Crippen LogP contribution in [0.4, 0.5) is 0 Å². The number of hydrogen-bond donors (Lipinski definition) is 1. The van der Waals surface area contributed by atoms with Gasteiger partial charge in [-0.1, -0.05) is 13.3 Å². The number of rotatable bonds is 6. The second-order valence-electron chi connectivity index (χ2n) is 6.68. The molecule has 0 amide bonds. The van der Waals surface area contributed by atoms with Gasteiger partial charge in [0.05, 0.1) is 22.4 Å². The predicted molar refractivity (Wildman–Crippen MR) is 85.5 cm³/mol. The van der Waals surface area contributed by atoms with E-state index in [1.165, 1.54) is 44.2 Å². The third-order valence-electron chi connectivity index (χ3n) is 5.33. The summed E-state index contributed by atoms with van der Waals surface area (Å²) in [7, 11) is 2.06. The van der Waals surface area contributed by atoms with Gasteiger partial charge in [-0.15, -0.1) is 0 Å². The van der Waals surface area contributed by atoms with Gasteiger partial charge in [0, 0.05) is 7.05 Å². The first-order chi connectivity index (χ1) is 9.69. The molecule has 112 valence electrons. The third kappa shape index (κ3) is 2.82. The van der Waals surface area contributed by atoms with Crippen molar-refractivity contribution in [2.45, 2.75) is 51.5 Å². The molecular weight excluding hydrogens is 314 g/mol. The molecule has 4 unspecified atom stereocenters. The molecule has 1 N–H and O–H groups in total. The van der Waals surface area contributed by atoms with Crippen molar-refractivity contribution in [3.05, 3.63) is 16.4 Å². The van der Waals surface area contributed by atoms with Gasteiger partial charge >= 0.3 is 0 Å². The molecule has 3 rings (SSSR count). The van der Waals surface area contributed by atoms with Gasteiger partial charge in [0.2, 0.25) is 0 Å². The summed E-state index contributed by atoms with van der Waals surface area (Å²) in [5.41, 5.74) is 1.32. The molecule has 1 aromatic rings. The maximum Gasteiger partial charge on any atom is 0.0692 e. The monoisotopic (exact) mass is 339 g/mol. The van der Waals surface area contributed by atoms with Crippen LogP contribution in [0, 0.1) is 17.8 Å². The molecule has 3 nitrogen and oxygen atoms in total. The van der Waals surface area contributed by atoms with E-state index in [0.29, 0.717) is 6.04 Å². The average molecular weight is 340 g/mol. The summed E-state index contributed by atoms with van der Waals surface area (Å²) >= 11 is 3.68. The number of aromatic nitrogens is 2. The summed E-state index contributed by atoms with van der Waals surface area (Å²) in [6.07, 6.45) is 10.3. The lowest BCUT2D eigenvalue weighted by atomic mass is 9.83. The van der Waals surface area contributed by atoms with Crippen LogP contribution in [0.5, 0.6) is 0 Å². The molecule has 2 bridgehead atoms. The molecule has 0 radical (unpaired) electrons. The maximum absolute atomic E-state index is 4.40. The third-order valence-corrected chi connectivity index (χ3v) is 5.94. The zero-order valence-electron chi connectivity index (χ0n) is 12.6. The van der Waals surface area contributed by atoms with E-state index in [1.807, 2.05) is 10.9 Å². The van der Waals surface area contributed by atoms with Gasteiger partial charge in [0.1, 0.15) is 0 Å². The van der Waals surface area contributed by atoms with Crippen molar-refractivity contribution in [3.8, 4) is 0 Å². The zero-order valence-corrected chi connectivity index (χ0v) is 14.2. The molecule has 2 fully saturated rings. The lowest BCUT2D eigenvalue weighted by molar-refractivity contribution is 0.274. The Bertz CT molecular complexity index is 437. The maximum atomic E-state index is 4.40. The van der Waals surface area contributed by atoms with Crippen LogP contribution in [0.2, 0.25) is 0 Å².